The first-order valence-corrected chi connectivity index (χ1v) is 9.76. The quantitative estimate of drug-likeness (QED) is 0.712. The van der Waals surface area contributed by atoms with E-state index in [0.29, 0.717) is 5.69 Å². The minimum absolute atomic E-state index is 0.121. The molecule has 1 heterocycles. The van der Waals surface area contributed by atoms with Gasteiger partial charge in [0, 0.05) is 24.3 Å². The van der Waals surface area contributed by atoms with Gasteiger partial charge in [-0.2, -0.15) is 0 Å². The molecule has 0 aliphatic carbocycles. The zero-order valence-corrected chi connectivity index (χ0v) is 14.9. The molecule has 8 heteroatoms. The minimum atomic E-state index is -3.71. The van der Waals surface area contributed by atoms with E-state index in [0.717, 1.165) is 30.9 Å². The summed E-state index contributed by atoms with van der Waals surface area (Å²) < 4.78 is 26.6. The zero-order chi connectivity index (χ0) is 18.4. The Balaban J connectivity index is 1.61. The van der Waals surface area contributed by atoms with Crippen molar-refractivity contribution in [3.05, 3.63) is 60.2 Å². The van der Waals surface area contributed by atoms with Crippen molar-refractivity contribution in [2.24, 2.45) is 4.99 Å². The maximum atomic E-state index is 12.1. The fourth-order valence-electron chi connectivity index (χ4n) is 2.52. The van der Waals surface area contributed by atoms with Crippen molar-refractivity contribution in [3.63, 3.8) is 0 Å². The Kier molecular flexibility index (Phi) is 5.65. The van der Waals surface area contributed by atoms with E-state index in [1.54, 1.807) is 30.3 Å². The number of amides is 1. The number of aliphatic imine (C=N–C) groups is 1. The Morgan fingerprint density at radius 2 is 1.92 bits per heavy atom. The maximum Gasteiger partial charge on any atom is 0.241 e. The number of hydrogen-bond donors (Lipinski definition) is 3. The number of carbonyl (C=O) groups is 1. The topological polar surface area (TPSA) is 99.7 Å². The highest BCUT2D eigenvalue weighted by Crippen LogP contribution is 2.12. The van der Waals surface area contributed by atoms with E-state index in [1.165, 1.54) is 12.1 Å². The third-order valence-electron chi connectivity index (χ3n) is 3.79. The molecule has 0 saturated carbocycles. The molecule has 0 fully saturated rings. The molecular formula is C18H20N4O3S. The molecule has 1 amide bonds. The molecule has 1 aliphatic heterocycles. The molecule has 0 aromatic heterocycles. The van der Waals surface area contributed by atoms with Crippen LogP contribution in [0.4, 0.5) is 5.69 Å². The van der Waals surface area contributed by atoms with Gasteiger partial charge in [0.25, 0.3) is 0 Å². The average Bonchev–Trinajstić information content (AvgIpc) is 2.68. The summed E-state index contributed by atoms with van der Waals surface area (Å²) in [7, 11) is -3.71. The van der Waals surface area contributed by atoms with Gasteiger partial charge in [-0.05, 0) is 30.7 Å². The van der Waals surface area contributed by atoms with Crippen LogP contribution in [-0.4, -0.2) is 39.8 Å². The zero-order valence-electron chi connectivity index (χ0n) is 14.1. The molecule has 0 atom stereocenters. The molecule has 0 unspecified atom stereocenters. The van der Waals surface area contributed by atoms with E-state index >= 15 is 0 Å². The van der Waals surface area contributed by atoms with Crippen LogP contribution in [0.15, 0.2) is 64.5 Å². The van der Waals surface area contributed by atoms with Gasteiger partial charge in [0.05, 0.1) is 11.4 Å². The number of hydrogen-bond acceptors (Lipinski definition) is 5. The highest BCUT2D eigenvalue weighted by Gasteiger charge is 2.15. The van der Waals surface area contributed by atoms with Crippen LogP contribution in [0, 0.1) is 0 Å². The summed E-state index contributed by atoms with van der Waals surface area (Å²) in [4.78, 5) is 16.6. The Bertz CT molecular complexity index is 911. The first-order chi connectivity index (χ1) is 12.5. The first kappa shape index (κ1) is 18.1. The van der Waals surface area contributed by atoms with Gasteiger partial charge in [0.1, 0.15) is 5.84 Å². The summed E-state index contributed by atoms with van der Waals surface area (Å²) in [5.74, 6) is 0.359. The van der Waals surface area contributed by atoms with Gasteiger partial charge in [-0.3, -0.25) is 9.79 Å². The molecule has 0 saturated heterocycles. The van der Waals surface area contributed by atoms with E-state index in [1.807, 2.05) is 12.1 Å². The SMILES string of the molecule is O=C(CNS(=O)(=O)c1ccccc1)Nc1cccc(C2=NCCCN2)c1. The summed E-state index contributed by atoms with van der Waals surface area (Å²) in [6, 6.07) is 15.2. The maximum absolute atomic E-state index is 12.1. The largest absolute Gasteiger partial charge is 0.370 e. The van der Waals surface area contributed by atoms with Crippen LogP contribution in [0.1, 0.15) is 12.0 Å². The van der Waals surface area contributed by atoms with Gasteiger partial charge >= 0.3 is 0 Å². The number of nitrogens with zero attached hydrogens (tertiary/aromatic N) is 1. The second-order valence-corrected chi connectivity index (χ2v) is 7.54. The highest BCUT2D eigenvalue weighted by atomic mass is 32.2. The van der Waals surface area contributed by atoms with Crippen molar-refractivity contribution in [3.8, 4) is 0 Å². The fraction of sp³-hybridized carbons (Fsp3) is 0.222. The van der Waals surface area contributed by atoms with Gasteiger partial charge in [0.15, 0.2) is 0 Å². The monoisotopic (exact) mass is 372 g/mol. The van der Waals surface area contributed by atoms with E-state index < -0.39 is 15.9 Å². The number of benzene rings is 2. The lowest BCUT2D eigenvalue weighted by molar-refractivity contribution is -0.115. The van der Waals surface area contributed by atoms with E-state index in [2.05, 4.69) is 20.3 Å². The Labute approximate surface area is 152 Å². The summed E-state index contributed by atoms with van der Waals surface area (Å²) >= 11 is 0. The smallest absolute Gasteiger partial charge is 0.241 e. The molecule has 0 radical (unpaired) electrons. The van der Waals surface area contributed by atoms with E-state index in [9.17, 15) is 13.2 Å². The van der Waals surface area contributed by atoms with Crippen LogP contribution in [0.5, 0.6) is 0 Å². The predicted molar refractivity (Wildman–Crippen MR) is 101 cm³/mol. The molecule has 2 aromatic carbocycles. The third kappa shape index (κ3) is 4.68. The summed E-state index contributed by atoms with van der Waals surface area (Å²) in [5.41, 5.74) is 1.47. The number of nitrogens with one attached hydrogen (secondary N) is 3. The molecule has 136 valence electrons. The Morgan fingerprint density at radius 3 is 2.65 bits per heavy atom. The van der Waals surface area contributed by atoms with Crippen LogP contribution in [0.25, 0.3) is 0 Å². The van der Waals surface area contributed by atoms with Gasteiger partial charge in [-0.25, -0.2) is 13.1 Å². The van der Waals surface area contributed by atoms with E-state index in [4.69, 9.17) is 0 Å². The highest BCUT2D eigenvalue weighted by molar-refractivity contribution is 7.89. The van der Waals surface area contributed by atoms with Crippen LogP contribution < -0.4 is 15.4 Å². The van der Waals surface area contributed by atoms with Gasteiger partial charge in [0.2, 0.25) is 15.9 Å². The average molecular weight is 372 g/mol. The van der Waals surface area contributed by atoms with Crippen LogP contribution in [0.2, 0.25) is 0 Å². The van der Waals surface area contributed by atoms with Crippen molar-refractivity contribution in [1.82, 2.24) is 10.0 Å². The second kappa shape index (κ2) is 8.11. The molecular weight excluding hydrogens is 352 g/mol. The standard InChI is InChI=1S/C18H20N4O3S/c23-17(13-21-26(24,25)16-8-2-1-3-9-16)22-15-7-4-6-14(12-15)18-19-10-5-11-20-18/h1-4,6-9,12,21H,5,10-11,13H2,(H,19,20)(H,22,23). The first-order valence-electron chi connectivity index (χ1n) is 8.28. The number of rotatable bonds is 6. The second-order valence-electron chi connectivity index (χ2n) is 5.78. The number of anilines is 1. The van der Waals surface area contributed by atoms with Crippen LogP contribution in [-0.2, 0) is 14.8 Å². The van der Waals surface area contributed by atoms with Crippen molar-refractivity contribution >= 4 is 27.5 Å². The van der Waals surface area contributed by atoms with Gasteiger partial charge in [-0.1, -0.05) is 30.3 Å². The van der Waals surface area contributed by atoms with Gasteiger partial charge < -0.3 is 10.6 Å². The lowest BCUT2D eigenvalue weighted by Gasteiger charge is -2.15. The van der Waals surface area contributed by atoms with Gasteiger partial charge in [-0.15, -0.1) is 0 Å². The molecule has 26 heavy (non-hydrogen) atoms. The van der Waals surface area contributed by atoms with Crippen molar-refractivity contribution in [2.45, 2.75) is 11.3 Å². The van der Waals surface area contributed by atoms with Crippen molar-refractivity contribution in [1.29, 1.82) is 0 Å². The fourth-order valence-corrected chi connectivity index (χ4v) is 3.52. The molecule has 2 aromatic rings. The molecule has 3 rings (SSSR count). The predicted octanol–water partition coefficient (Wildman–Crippen LogP) is 1.34. The molecule has 0 bridgehead atoms. The lowest BCUT2D eigenvalue weighted by Crippen LogP contribution is -2.33. The summed E-state index contributed by atoms with van der Waals surface area (Å²) in [5, 5.41) is 5.92. The van der Waals surface area contributed by atoms with Crippen LogP contribution >= 0.6 is 0 Å². The Hall–Kier alpha value is -2.71. The third-order valence-corrected chi connectivity index (χ3v) is 5.21. The minimum Gasteiger partial charge on any atom is -0.370 e. The van der Waals surface area contributed by atoms with Crippen molar-refractivity contribution in [2.75, 3.05) is 25.0 Å². The van der Waals surface area contributed by atoms with Crippen molar-refractivity contribution < 1.29 is 13.2 Å². The molecule has 0 spiro atoms. The molecule has 3 N–H and O–H groups in total. The lowest BCUT2D eigenvalue weighted by atomic mass is 10.1. The number of carbonyl (C=O) groups excluding carboxylic acids is 1. The summed E-state index contributed by atoms with van der Waals surface area (Å²) in [6.45, 7) is 1.30. The molecule has 1 aliphatic rings. The molecule has 7 nitrogen and oxygen atoms in total. The Morgan fingerprint density at radius 1 is 1.12 bits per heavy atom. The number of sulfonamides is 1. The normalized spacial score (nSPS) is 14.2. The number of amidine groups is 1. The summed E-state index contributed by atoms with van der Waals surface area (Å²) in [6.07, 6.45) is 1.00. The van der Waals surface area contributed by atoms with E-state index in [-0.39, 0.29) is 11.4 Å². The van der Waals surface area contributed by atoms with Crippen LogP contribution in [0.3, 0.4) is 0 Å².